The molecule has 0 saturated heterocycles. The maximum absolute atomic E-state index is 12.6. The molecule has 0 rings (SSSR count). The van der Waals surface area contributed by atoms with Crippen molar-refractivity contribution in [3.63, 3.8) is 0 Å². The summed E-state index contributed by atoms with van der Waals surface area (Å²) < 4.78 is 12.3. The van der Waals surface area contributed by atoms with Crippen molar-refractivity contribution in [1.82, 2.24) is 0 Å². The molecule has 0 aliphatic heterocycles. The maximum Gasteiger partial charge on any atom is 0.306 e. The minimum absolute atomic E-state index is 0.152. The smallest absolute Gasteiger partial charge is 0.306 e. The Morgan fingerprint density at radius 2 is 0.857 bits per heavy atom. The molecule has 1 atom stereocenters. The zero-order chi connectivity index (χ0) is 36.1. The number of quaternary nitrogens is 1. The molecule has 0 saturated carbocycles. The lowest BCUT2D eigenvalue weighted by Crippen LogP contribution is -2.36. The largest absolute Gasteiger partial charge is 0.462 e. The van der Waals surface area contributed by atoms with Crippen LogP contribution < -0.4 is 0 Å². The van der Waals surface area contributed by atoms with Crippen molar-refractivity contribution in [3.05, 3.63) is 24.3 Å². The minimum atomic E-state index is -0.347. The van der Waals surface area contributed by atoms with Gasteiger partial charge in [-0.3, -0.25) is 9.59 Å². The molecule has 0 amide bonds. The molecule has 0 aliphatic carbocycles. The van der Waals surface area contributed by atoms with Crippen LogP contribution in [-0.4, -0.2) is 56.8 Å². The third-order valence-corrected chi connectivity index (χ3v) is 9.37. The number of esters is 2. The van der Waals surface area contributed by atoms with E-state index in [1.807, 2.05) is 0 Å². The average molecular weight is 691 g/mol. The van der Waals surface area contributed by atoms with Crippen LogP contribution in [0.15, 0.2) is 24.3 Å². The van der Waals surface area contributed by atoms with Crippen LogP contribution in [0.3, 0.4) is 0 Å². The molecule has 0 aromatic carbocycles. The lowest BCUT2D eigenvalue weighted by molar-refractivity contribution is -0.870. The van der Waals surface area contributed by atoms with E-state index in [9.17, 15) is 9.59 Å². The first-order chi connectivity index (χ1) is 23.8. The van der Waals surface area contributed by atoms with Gasteiger partial charge >= 0.3 is 11.9 Å². The Balaban J connectivity index is 4.02. The fourth-order valence-corrected chi connectivity index (χ4v) is 6.15. The Labute approximate surface area is 306 Å². The number of carbonyl (C=O) groups is 2. The van der Waals surface area contributed by atoms with Crippen LogP contribution >= 0.6 is 0 Å². The number of unbranched alkanes of at least 4 members (excludes halogenated alkanes) is 22. The van der Waals surface area contributed by atoms with Gasteiger partial charge in [0.2, 0.25) is 0 Å². The molecule has 0 heterocycles. The van der Waals surface area contributed by atoms with E-state index >= 15 is 0 Å². The van der Waals surface area contributed by atoms with Gasteiger partial charge in [-0.2, -0.15) is 0 Å². The molecule has 0 bridgehead atoms. The molecular formula is C44H84NO4+. The van der Waals surface area contributed by atoms with Gasteiger partial charge in [-0.25, -0.2) is 0 Å². The van der Waals surface area contributed by atoms with Crippen molar-refractivity contribution in [2.75, 3.05) is 34.3 Å². The van der Waals surface area contributed by atoms with E-state index in [0.717, 1.165) is 49.6 Å². The number of allylic oxidation sites excluding steroid dienone is 4. The molecule has 5 heteroatoms. The SMILES string of the molecule is CCCCCCCC/C=C\CCCCCCCC(=O)OCC(CCC[N+](C)(C)C)OC(=O)CCCCCCC/C=C\CCCCCCCC. The second kappa shape index (κ2) is 36.2. The van der Waals surface area contributed by atoms with Gasteiger partial charge < -0.3 is 14.0 Å². The zero-order valence-corrected chi connectivity index (χ0v) is 33.6. The molecule has 0 spiro atoms. The number of hydrogen-bond donors (Lipinski definition) is 0. The molecule has 0 aromatic rings. The highest BCUT2D eigenvalue weighted by Crippen LogP contribution is 2.14. The number of hydrogen-bond acceptors (Lipinski definition) is 4. The molecule has 0 aliphatic rings. The van der Waals surface area contributed by atoms with Gasteiger partial charge in [-0.1, -0.05) is 141 Å². The summed E-state index contributed by atoms with van der Waals surface area (Å²) in [6.07, 6.45) is 43.9. The topological polar surface area (TPSA) is 52.6 Å². The fourth-order valence-electron chi connectivity index (χ4n) is 6.15. The van der Waals surface area contributed by atoms with Gasteiger partial charge in [0, 0.05) is 19.3 Å². The van der Waals surface area contributed by atoms with Gasteiger partial charge in [-0.05, 0) is 70.6 Å². The summed E-state index contributed by atoms with van der Waals surface area (Å²) in [6, 6.07) is 0. The average Bonchev–Trinajstić information content (AvgIpc) is 3.06. The van der Waals surface area contributed by atoms with Crippen LogP contribution in [0.2, 0.25) is 0 Å². The van der Waals surface area contributed by atoms with Crippen molar-refractivity contribution in [2.24, 2.45) is 0 Å². The van der Waals surface area contributed by atoms with Gasteiger partial charge in [0.05, 0.1) is 27.7 Å². The van der Waals surface area contributed by atoms with E-state index in [4.69, 9.17) is 9.47 Å². The number of ether oxygens (including phenoxy) is 2. The lowest BCUT2D eigenvalue weighted by Gasteiger charge is -2.25. The summed E-state index contributed by atoms with van der Waals surface area (Å²) >= 11 is 0. The van der Waals surface area contributed by atoms with Crippen LogP contribution in [-0.2, 0) is 19.1 Å². The molecule has 288 valence electrons. The Bertz CT molecular complexity index is 784. The Morgan fingerprint density at radius 3 is 1.27 bits per heavy atom. The first-order valence-corrected chi connectivity index (χ1v) is 21.2. The molecule has 0 N–H and O–H groups in total. The van der Waals surface area contributed by atoms with Gasteiger partial charge in [-0.15, -0.1) is 0 Å². The number of nitrogens with zero attached hydrogens (tertiary/aromatic N) is 1. The number of carbonyl (C=O) groups excluding carboxylic acids is 2. The molecule has 0 radical (unpaired) electrons. The van der Waals surface area contributed by atoms with E-state index < -0.39 is 0 Å². The second-order valence-electron chi connectivity index (χ2n) is 15.6. The van der Waals surface area contributed by atoms with Crippen molar-refractivity contribution in [1.29, 1.82) is 0 Å². The van der Waals surface area contributed by atoms with Gasteiger partial charge in [0.1, 0.15) is 12.7 Å². The van der Waals surface area contributed by atoms with Crippen molar-refractivity contribution in [2.45, 2.75) is 213 Å². The summed E-state index contributed by atoms with van der Waals surface area (Å²) in [7, 11) is 6.51. The third-order valence-electron chi connectivity index (χ3n) is 9.37. The van der Waals surface area contributed by atoms with E-state index in [-0.39, 0.29) is 24.6 Å². The van der Waals surface area contributed by atoms with Crippen LogP contribution in [0.25, 0.3) is 0 Å². The van der Waals surface area contributed by atoms with E-state index in [1.54, 1.807) is 0 Å². The van der Waals surface area contributed by atoms with Crippen molar-refractivity contribution in [3.8, 4) is 0 Å². The molecular weight excluding hydrogens is 606 g/mol. The molecule has 0 fully saturated rings. The Morgan fingerprint density at radius 1 is 0.490 bits per heavy atom. The van der Waals surface area contributed by atoms with Gasteiger partial charge in [0.15, 0.2) is 0 Å². The standard InChI is InChI=1S/C44H84NO4/c1-6-8-10-12-14-16-18-20-22-24-26-28-30-32-34-38-43(46)48-41-42(37-36-40-45(3,4)5)49-44(47)39-35-33-31-29-27-25-23-21-19-17-15-13-11-9-7-2/h20-23,42H,6-19,24-41H2,1-5H3/q+1/b22-20-,23-21-. The first-order valence-electron chi connectivity index (χ1n) is 21.2. The normalized spacial score (nSPS) is 12.7. The van der Waals surface area contributed by atoms with Crippen molar-refractivity contribution < 1.29 is 23.5 Å². The Hall–Kier alpha value is -1.62. The monoisotopic (exact) mass is 691 g/mol. The summed E-state index contributed by atoms with van der Waals surface area (Å²) in [5.74, 6) is -0.316. The summed E-state index contributed by atoms with van der Waals surface area (Å²) in [6.45, 7) is 5.71. The Kier molecular flexibility index (Phi) is 35.0. The van der Waals surface area contributed by atoms with Crippen LogP contribution in [0.4, 0.5) is 0 Å². The second-order valence-corrected chi connectivity index (χ2v) is 15.6. The van der Waals surface area contributed by atoms with E-state index in [1.165, 1.54) is 141 Å². The molecule has 49 heavy (non-hydrogen) atoms. The third kappa shape index (κ3) is 39.0. The number of rotatable bonds is 37. The molecule has 5 nitrogen and oxygen atoms in total. The fraction of sp³-hybridized carbons (Fsp3) is 0.864. The summed E-state index contributed by atoms with van der Waals surface area (Å²) in [5.41, 5.74) is 0. The first kappa shape index (κ1) is 47.4. The van der Waals surface area contributed by atoms with Gasteiger partial charge in [0.25, 0.3) is 0 Å². The van der Waals surface area contributed by atoms with E-state index in [2.05, 4.69) is 59.3 Å². The predicted molar refractivity (Wildman–Crippen MR) is 212 cm³/mol. The van der Waals surface area contributed by atoms with Crippen LogP contribution in [0.5, 0.6) is 0 Å². The van der Waals surface area contributed by atoms with Crippen LogP contribution in [0, 0.1) is 0 Å². The highest BCUT2D eigenvalue weighted by molar-refractivity contribution is 5.70. The minimum Gasteiger partial charge on any atom is -0.462 e. The molecule has 0 aromatic heterocycles. The maximum atomic E-state index is 12.6. The predicted octanol–water partition coefficient (Wildman–Crippen LogP) is 13.0. The lowest BCUT2D eigenvalue weighted by atomic mass is 10.1. The van der Waals surface area contributed by atoms with Crippen LogP contribution in [0.1, 0.15) is 206 Å². The van der Waals surface area contributed by atoms with Crippen molar-refractivity contribution >= 4 is 11.9 Å². The van der Waals surface area contributed by atoms with E-state index in [0.29, 0.717) is 12.8 Å². The zero-order valence-electron chi connectivity index (χ0n) is 33.6. The summed E-state index contributed by atoms with van der Waals surface area (Å²) in [4.78, 5) is 25.1. The highest BCUT2D eigenvalue weighted by atomic mass is 16.6. The quantitative estimate of drug-likeness (QED) is 0.0282. The highest BCUT2D eigenvalue weighted by Gasteiger charge is 2.18. The summed E-state index contributed by atoms with van der Waals surface area (Å²) in [5, 5.41) is 0. The molecule has 1 unspecified atom stereocenters.